The van der Waals surface area contributed by atoms with Crippen LogP contribution in [0.2, 0.25) is 5.02 Å². The molecule has 4 nitrogen and oxygen atoms in total. The molecule has 3 rings (SSSR count). The molecule has 0 atom stereocenters. The minimum Gasteiger partial charge on any atom is -0.497 e. The summed E-state index contributed by atoms with van der Waals surface area (Å²) in [6, 6.07) is 7.58. The van der Waals surface area contributed by atoms with Gasteiger partial charge in [0.05, 0.1) is 12.8 Å². The second-order valence-electron chi connectivity index (χ2n) is 5.87. The smallest absolute Gasteiger partial charge is 0.274 e. The zero-order valence-corrected chi connectivity index (χ0v) is 16.4. The Labute approximate surface area is 161 Å². The molecule has 0 amide bonds. The quantitative estimate of drug-likeness (QED) is 0.742. The van der Waals surface area contributed by atoms with Gasteiger partial charge in [-0.25, -0.2) is 0 Å². The fraction of sp³-hybridized carbons (Fsp3) is 0.200. The zero-order chi connectivity index (χ0) is 18.7. The molecule has 0 N–H and O–H groups in total. The van der Waals surface area contributed by atoms with Gasteiger partial charge in [0.2, 0.25) is 0 Å². The number of rotatable bonds is 4. The Morgan fingerprint density at radius 3 is 2.58 bits per heavy atom. The first-order chi connectivity index (χ1) is 12.5. The number of ether oxygens (including phenoxy) is 1. The molecular weight excluding hydrogens is 368 g/mol. The van der Waals surface area contributed by atoms with E-state index in [2.05, 4.69) is 5.10 Å². The number of hydrogen-bond acceptors (Lipinski definition) is 4. The largest absolute Gasteiger partial charge is 0.497 e. The summed E-state index contributed by atoms with van der Waals surface area (Å²) in [6.45, 7) is 3.77. The summed E-state index contributed by atoms with van der Waals surface area (Å²) >= 11 is 7.48. The molecule has 0 fully saturated rings. The number of allylic oxidation sites excluding steroid dienone is 5. The molecule has 6 heteroatoms. The Kier molecular flexibility index (Phi) is 5.69. The molecule has 0 bridgehead atoms. The van der Waals surface area contributed by atoms with Crippen molar-refractivity contribution in [2.45, 2.75) is 30.2 Å². The summed E-state index contributed by atoms with van der Waals surface area (Å²) in [5.74, 6) is 0.743. The number of hydrogen-bond donors (Lipinski definition) is 0. The molecule has 1 aliphatic carbocycles. The lowest BCUT2D eigenvalue weighted by molar-refractivity contribution is 0.307. The Morgan fingerprint density at radius 1 is 1.15 bits per heavy atom. The van der Waals surface area contributed by atoms with Crippen molar-refractivity contribution in [3.8, 4) is 0 Å². The maximum absolute atomic E-state index is 12.8. The number of benzene rings is 1. The summed E-state index contributed by atoms with van der Waals surface area (Å²) in [6.07, 6.45) is 8.17. The lowest BCUT2D eigenvalue weighted by Gasteiger charge is -2.13. The van der Waals surface area contributed by atoms with Gasteiger partial charge >= 0.3 is 0 Å². The zero-order valence-electron chi connectivity index (χ0n) is 14.8. The SMILES string of the molecule is COC1=CC=C(n2nc(Sc3ccc(Cl)cc3)c(C)c(C)c2=O)CC=C1. The maximum Gasteiger partial charge on any atom is 0.274 e. The van der Waals surface area contributed by atoms with Gasteiger partial charge in [-0.15, -0.1) is 0 Å². The van der Waals surface area contributed by atoms with Crippen LogP contribution in [0.1, 0.15) is 17.5 Å². The van der Waals surface area contributed by atoms with Crippen LogP contribution in [-0.2, 0) is 4.74 Å². The Bertz CT molecular complexity index is 973. The molecule has 0 saturated heterocycles. The number of methoxy groups -OCH3 is 1. The monoisotopic (exact) mass is 386 g/mol. The maximum atomic E-state index is 12.8. The van der Waals surface area contributed by atoms with Crippen molar-refractivity contribution in [1.82, 2.24) is 9.78 Å². The molecule has 2 aromatic rings. The van der Waals surface area contributed by atoms with E-state index >= 15 is 0 Å². The molecule has 134 valence electrons. The predicted octanol–water partition coefficient (Wildman–Crippen LogP) is 5.00. The van der Waals surface area contributed by atoms with E-state index in [-0.39, 0.29) is 5.56 Å². The first kappa shape index (κ1) is 18.5. The van der Waals surface area contributed by atoms with E-state index < -0.39 is 0 Å². The number of aromatic nitrogens is 2. The van der Waals surface area contributed by atoms with Gasteiger partial charge in [0.15, 0.2) is 0 Å². The molecule has 0 radical (unpaired) electrons. The Balaban J connectivity index is 2.04. The third-order valence-corrected chi connectivity index (χ3v) is 5.51. The summed E-state index contributed by atoms with van der Waals surface area (Å²) in [5, 5.41) is 6.12. The molecule has 1 aliphatic rings. The molecule has 1 aromatic heterocycles. The van der Waals surface area contributed by atoms with Crippen LogP contribution in [-0.4, -0.2) is 16.9 Å². The van der Waals surface area contributed by atoms with Gasteiger partial charge in [-0.2, -0.15) is 9.78 Å². The number of nitrogens with zero attached hydrogens (tertiary/aromatic N) is 2. The Hall–Kier alpha value is -2.24. The molecule has 1 heterocycles. The third-order valence-electron chi connectivity index (χ3n) is 4.17. The topological polar surface area (TPSA) is 44.1 Å². The third kappa shape index (κ3) is 3.94. The van der Waals surface area contributed by atoms with E-state index in [1.165, 1.54) is 16.4 Å². The highest BCUT2D eigenvalue weighted by molar-refractivity contribution is 7.99. The van der Waals surface area contributed by atoms with E-state index in [1.807, 2.05) is 62.4 Å². The molecule has 1 aromatic carbocycles. The van der Waals surface area contributed by atoms with Gasteiger partial charge in [0, 0.05) is 21.9 Å². The van der Waals surface area contributed by atoms with Crippen LogP contribution in [0.15, 0.2) is 69.0 Å². The predicted molar refractivity (Wildman–Crippen MR) is 107 cm³/mol. The van der Waals surface area contributed by atoms with Crippen LogP contribution >= 0.6 is 23.4 Å². The second kappa shape index (κ2) is 7.98. The van der Waals surface area contributed by atoms with Crippen molar-refractivity contribution in [3.63, 3.8) is 0 Å². The number of halogens is 1. The lowest BCUT2D eigenvalue weighted by atomic mass is 10.2. The molecule has 0 saturated carbocycles. The van der Waals surface area contributed by atoms with E-state index in [4.69, 9.17) is 16.3 Å². The summed E-state index contributed by atoms with van der Waals surface area (Å²) in [4.78, 5) is 13.8. The van der Waals surface area contributed by atoms with Crippen LogP contribution in [0.25, 0.3) is 5.70 Å². The average Bonchev–Trinajstić information content (AvgIpc) is 2.89. The Morgan fingerprint density at radius 2 is 1.88 bits per heavy atom. The summed E-state index contributed by atoms with van der Waals surface area (Å²) in [7, 11) is 1.62. The molecule has 26 heavy (non-hydrogen) atoms. The first-order valence-corrected chi connectivity index (χ1v) is 9.34. The molecule has 0 aliphatic heterocycles. The minimum absolute atomic E-state index is 0.100. The van der Waals surface area contributed by atoms with Crippen molar-refractivity contribution in [1.29, 1.82) is 0 Å². The van der Waals surface area contributed by atoms with Crippen molar-refractivity contribution in [2.75, 3.05) is 7.11 Å². The van der Waals surface area contributed by atoms with Crippen LogP contribution in [0, 0.1) is 13.8 Å². The molecular formula is C20H19ClN2O2S. The average molecular weight is 387 g/mol. The van der Waals surface area contributed by atoms with Gasteiger partial charge < -0.3 is 4.74 Å². The highest BCUT2D eigenvalue weighted by Gasteiger charge is 2.15. The van der Waals surface area contributed by atoms with Crippen LogP contribution < -0.4 is 5.56 Å². The van der Waals surface area contributed by atoms with E-state index in [0.29, 0.717) is 17.0 Å². The molecule has 0 spiro atoms. The summed E-state index contributed by atoms with van der Waals surface area (Å²) in [5.41, 5.74) is 2.29. The fourth-order valence-electron chi connectivity index (χ4n) is 2.49. The van der Waals surface area contributed by atoms with Gasteiger partial charge in [-0.1, -0.05) is 29.4 Å². The van der Waals surface area contributed by atoms with E-state index in [0.717, 1.165) is 26.9 Å². The van der Waals surface area contributed by atoms with E-state index in [1.54, 1.807) is 7.11 Å². The van der Waals surface area contributed by atoms with Crippen LogP contribution in [0.5, 0.6) is 0 Å². The minimum atomic E-state index is -0.100. The highest BCUT2D eigenvalue weighted by atomic mass is 35.5. The lowest BCUT2D eigenvalue weighted by Crippen LogP contribution is -2.26. The first-order valence-electron chi connectivity index (χ1n) is 8.15. The van der Waals surface area contributed by atoms with Crippen molar-refractivity contribution >= 4 is 29.1 Å². The van der Waals surface area contributed by atoms with Crippen LogP contribution in [0.3, 0.4) is 0 Å². The van der Waals surface area contributed by atoms with Gasteiger partial charge in [0.1, 0.15) is 10.8 Å². The van der Waals surface area contributed by atoms with Crippen LogP contribution in [0.4, 0.5) is 0 Å². The van der Waals surface area contributed by atoms with Crippen molar-refractivity contribution in [3.05, 3.63) is 80.8 Å². The summed E-state index contributed by atoms with van der Waals surface area (Å²) < 4.78 is 6.73. The van der Waals surface area contributed by atoms with Gasteiger partial charge in [-0.3, -0.25) is 4.79 Å². The van der Waals surface area contributed by atoms with Crippen molar-refractivity contribution in [2.24, 2.45) is 0 Å². The van der Waals surface area contributed by atoms with E-state index in [9.17, 15) is 4.79 Å². The van der Waals surface area contributed by atoms with Gasteiger partial charge in [0.25, 0.3) is 5.56 Å². The normalized spacial score (nSPS) is 13.8. The van der Waals surface area contributed by atoms with Gasteiger partial charge in [-0.05, 0) is 61.9 Å². The van der Waals surface area contributed by atoms with Crippen molar-refractivity contribution < 1.29 is 4.74 Å². The highest BCUT2D eigenvalue weighted by Crippen LogP contribution is 2.30. The fourth-order valence-corrected chi connectivity index (χ4v) is 3.54. The molecule has 0 unspecified atom stereocenters. The second-order valence-corrected chi connectivity index (χ2v) is 7.36. The standard InChI is InChI=1S/C20H19ClN2O2S/c1-13-14(2)20(24)23(16-5-4-6-17(25-3)10-9-16)22-19(13)26-18-11-7-15(21)8-12-18/h4,6-12H,5H2,1-3H3.